The fraction of sp³-hybridized carbons (Fsp3) is 0.319. The van der Waals surface area contributed by atoms with E-state index in [1.807, 2.05) is 54.6 Å². The van der Waals surface area contributed by atoms with E-state index in [0.717, 1.165) is 21.3 Å². The Morgan fingerprint density at radius 2 is 1.52 bits per heavy atom. The van der Waals surface area contributed by atoms with Crippen molar-refractivity contribution in [2.24, 2.45) is 0 Å². The molecule has 0 spiro atoms. The highest BCUT2D eigenvalue weighted by Crippen LogP contribution is 2.53. The Hall–Kier alpha value is -6.73. The molecule has 4 atom stereocenters. The van der Waals surface area contributed by atoms with Gasteiger partial charge in [-0.25, -0.2) is 28.5 Å². The lowest BCUT2D eigenvalue weighted by molar-refractivity contribution is -0.386. The lowest BCUT2D eigenvalue weighted by Crippen LogP contribution is -2.58. The quantitative estimate of drug-likeness (QED) is 0.0418. The van der Waals surface area contributed by atoms with Crippen molar-refractivity contribution in [3.8, 4) is 11.5 Å². The molecule has 0 radical (unpaired) electrons. The molecule has 352 valence electrons. The minimum atomic E-state index is -3.97. The number of H-pyrrole nitrogens is 1. The SMILES string of the molecule is COc1cc(C(CCN(C)P(=O)(OC[C@@H]2CN(C(c3ccccc3)(c3ccccc3)c3ccccc3)C[C@H](n3cc(C)c(=O)[nH]c3=O)O2)N(C)C)OC(=O)n2ccnc2)c([N+](=O)[O-])cc1OC. The molecule has 1 saturated heterocycles. The predicted molar refractivity (Wildman–Crippen MR) is 248 cm³/mol. The summed E-state index contributed by atoms with van der Waals surface area (Å²) in [5.41, 5.74) is 0.608. The van der Waals surface area contributed by atoms with Gasteiger partial charge in [0.05, 0.1) is 49.0 Å². The summed E-state index contributed by atoms with van der Waals surface area (Å²) < 4.78 is 50.4. The van der Waals surface area contributed by atoms with Gasteiger partial charge in [-0.15, -0.1) is 0 Å². The van der Waals surface area contributed by atoms with Gasteiger partial charge in [0.15, 0.2) is 17.7 Å². The van der Waals surface area contributed by atoms with Crippen LogP contribution in [-0.2, 0) is 24.1 Å². The lowest BCUT2D eigenvalue weighted by atomic mass is 9.75. The van der Waals surface area contributed by atoms with E-state index in [-0.39, 0.29) is 49.7 Å². The third-order valence-corrected chi connectivity index (χ3v) is 14.3. The molecule has 1 aliphatic heterocycles. The van der Waals surface area contributed by atoms with Gasteiger partial charge in [0.25, 0.3) is 11.2 Å². The molecule has 3 heterocycles. The zero-order valence-corrected chi connectivity index (χ0v) is 38.9. The van der Waals surface area contributed by atoms with Crippen LogP contribution in [-0.4, -0.2) is 112 Å². The zero-order valence-electron chi connectivity index (χ0n) is 38.0. The van der Waals surface area contributed by atoms with Crippen LogP contribution >= 0.6 is 7.67 Å². The number of carbonyl (C=O) groups excluding carboxylic acids is 1. The van der Waals surface area contributed by atoms with Crippen LogP contribution < -0.4 is 20.7 Å². The molecule has 1 N–H and O–H groups in total. The average Bonchev–Trinajstić information content (AvgIpc) is 3.90. The fourth-order valence-electron chi connectivity index (χ4n) is 8.48. The van der Waals surface area contributed by atoms with E-state index in [4.69, 9.17) is 23.5 Å². The van der Waals surface area contributed by atoms with E-state index in [9.17, 15) is 24.5 Å². The standard InChI is InChI=1S/C47H53N8O11P/c1-33-28-54(45(57)49-44(33)56)43-30-53(47(34-16-10-7-11-17-34,35-18-12-8-13-19-35)36-20-14-9-15-21-36)29-37(65-43)31-64-67(61,50(2)3)51(4)24-22-40(66-46(58)52-25-23-48-32-52)38-26-41(62-5)42(63-6)27-39(38)55(59)60/h7-21,23,25-28,32,37,40,43H,22,24,29-31H2,1-6H3,(H,49,56,57)/t37-,40?,43+,67?/m0/s1. The first-order valence-electron chi connectivity index (χ1n) is 21.3. The van der Waals surface area contributed by atoms with Crippen molar-refractivity contribution in [2.75, 3.05) is 61.6 Å². The minimum absolute atomic E-state index is 0.0123. The summed E-state index contributed by atoms with van der Waals surface area (Å²) in [6, 6.07) is 32.6. The van der Waals surface area contributed by atoms with Crippen LogP contribution in [0.1, 0.15) is 46.6 Å². The monoisotopic (exact) mass is 936 g/mol. The molecule has 0 bridgehead atoms. The van der Waals surface area contributed by atoms with Crippen LogP contribution in [0.3, 0.4) is 0 Å². The molecule has 7 rings (SSSR count). The van der Waals surface area contributed by atoms with Gasteiger partial charge in [-0.2, -0.15) is 0 Å². The van der Waals surface area contributed by atoms with Gasteiger partial charge in [0.2, 0.25) is 0 Å². The van der Waals surface area contributed by atoms with Crippen molar-refractivity contribution in [3.63, 3.8) is 0 Å². The number of rotatable bonds is 18. The molecule has 19 nitrogen and oxygen atoms in total. The van der Waals surface area contributed by atoms with Gasteiger partial charge in [0.1, 0.15) is 12.4 Å². The number of methoxy groups -OCH3 is 2. The summed E-state index contributed by atoms with van der Waals surface area (Å²) in [5, 5.41) is 12.4. The van der Waals surface area contributed by atoms with Crippen molar-refractivity contribution in [1.29, 1.82) is 0 Å². The number of nitrogens with one attached hydrogen (secondary N) is 1. The molecule has 20 heteroatoms. The first-order chi connectivity index (χ1) is 32.2. The number of benzene rings is 4. The van der Waals surface area contributed by atoms with Gasteiger partial charge >= 0.3 is 19.5 Å². The van der Waals surface area contributed by atoms with E-state index in [1.54, 1.807) is 28.1 Å². The molecule has 1 aliphatic rings. The molecular formula is C47H53N8O11P. The van der Waals surface area contributed by atoms with Crippen molar-refractivity contribution in [2.45, 2.75) is 37.3 Å². The third-order valence-electron chi connectivity index (χ3n) is 11.8. The normalized spacial score (nSPS) is 16.9. The fourth-order valence-corrected chi connectivity index (χ4v) is 10.2. The van der Waals surface area contributed by atoms with Gasteiger partial charge in [-0.05, 0) is 50.8 Å². The maximum absolute atomic E-state index is 15.2. The molecule has 0 saturated carbocycles. The first-order valence-corrected chi connectivity index (χ1v) is 22.9. The number of nitro groups is 1. The van der Waals surface area contributed by atoms with Crippen molar-refractivity contribution in [1.82, 2.24) is 33.3 Å². The highest BCUT2D eigenvalue weighted by Gasteiger charge is 2.47. The topological polar surface area (TPSA) is 206 Å². The highest BCUT2D eigenvalue weighted by atomic mass is 31.2. The van der Waals surface area contributed by atoms with Crippen LogP contribution in [0.2, 0.25) is 0 Å². The second-order valence-corrected chi connectivity index (χ2v) is 18.8. The predicted octanol–water partition coefficient (Wildman–Crippen LogP) is 6.59. The number of hydrogen-bond donors (Lipinski definition) is 1. The van der Waals surface area contributed by atoms with Crippen molar-refractivity contribution >= 4 is 19.5 Å². The van der Waals surface area contributed by atoms with Gasteiger partial charge in [-0.3, -0.25) is 33.9 Å². The third kappa shape index (κ3) is 10.0. The highest BCUT2D eigenvalue weighted by molar-refractivity contribution is 7.53. The number of aryl methyl sites for hydroxylation is 1. The van der Waals surface area contributed by atoms with Crippen molar-refractivity contribution in [3.05, 3.63) is 187 Å². The number of carbonyl (C=O) groups is 1. The van der Waals surface area contributed by atoms with Crippen LogP contribution in [0.25, 0.3) is 0 Å². The van der Waals surface area contributed by atoms with Crippen LogP contribution in [0.5, 0.6) is 11.5 Å². The van der Waals surface area contributed by atoms with E-state index < -0.39 is 59.6 Å². The van der Waals surface area contributed by atoms with E-state index >= 15 is 4.57 Å². The molecule has 0 aliphatic carbocycles. The average molecular weight is 937 g/mol. The van der Waals surface area contributed by atoms with E-state index in [1.165, 1.54) is 65.2 Å². The molecule has 4 aromatic carbocycles. The number of nitro benzene ring substituents is 1. The van der Waals surface area contributed by atoms with Crippen molar-refractivity contribution < 1.29 is 37.8 Å². The molecular weight excluding hydrogens is 884 g/mol. The van der Waals surface area contributed by atoms with E-state index in [0.29, 0.717) is 5.56 Å². The molecule has 67 heavy (non-hydrogen) atoms. The Bertz CT molecular complexity index is 2710. The Balaban J connectivity index is 1.24. The number of aromatic amines is 1. The first kappa shape index (κ1) is 48.2. The number of ether oxygens (including phenoxy) is 4. The van der Waals surface area contributed by atoms with Gasteiger partial charge in [-0.1, -0.05) is 91.0 Å². The summed E-state index contributed by atoms with van der Waals surface area (Å²) >= 11 is 0. The Morgan fingerprint density at radius 1 is 0.940 bits per heavy atom. The molecule has 1 fully saturated rings. The molecule has 6 aromatic rings. The maximum atomic E-state index is 15.2. The summed E-state index contributed by atoms with van der Waals surface area (Å²) in [7, 11) is 3.51. The number of nitrogens with zero attached hydrogens (tertiary/aromatic N) is 7. The summed E-state index contributed by atoms with van der Waals surface area (Å²) in [6.45, 7) is 1.70. The zero-order chi connectivity index (χ0) is 47.9. The lowest BCUT2D eigenvalue weighted by Gasteiger charge is -2.50. The molecule has 0 amide bonds. The second-order valence-electron chi connectivity index (χ2n) is 16.1. The van der Waals surface area contributed by atoms with E-state index in [2.05, 4.69) is 51.3 Å². The van der Waals surface area contributed by atoms with Crippen LogP contribution in [0.15, 0.2) is 138 Å². The molecule has 2 aromatic heterocycles. The minimum Gasteiger partial charge on any atom is -0.493 e. The number of morpholine rings is 1. The Labute approximate surface area is 386 Å². The second kappa shape index (κ2) is 20.8. The summed E-state index contributed by atoms with van der Waals surface area (Å²) in [6.07, 6.45) is 1.48. The smallest absolute Gasteiger partial charge is 0.419 e. The number of aromatic nitrogens is 4. The van der Waals surface area contributed by atoms with Gasteiger partial charge in [0, 0.05) is 50.2 Å². The summed E-state index contributed by atoms with van der Waals surface area (Å²) in [4.78, 5) is 59.9. The summed E-state index contributed by atoms with van der Waals surface area (Å²) in [5.74, 6) is 0.262. The Kier molecular flexibility index (Phi) is 15.0. The molecule has 2 unspecified atom stereocenters. The number of imidazole rings is 1. The van der Waals surface area contributed by atoms with Gasteiger partial charge < -0.3 is 23.5 Å². The Morgan fingerprint density at radius 3 is 2.04 bits per heavy atom. The number of hydrogen-bond acceptors (Lipinski definition) is 13. The maximum Gasteiger partial charge on any atom is 0.419 e. The largest absolute Gasteiger partial charge is 0.493 e. The van der Waals surface area contributed by atoms with Crippen LogP contribution in [0, 0.1) is 17.0 Å². The van der Waals surface area contributed by atoms with Crippen LogP contribution in [0.4, 0.5) is 10.5 Å².